The highest BCUT2D eigenvalue weighted by molar-refractivity contribution is 5.53. The van der Waals surface area contributed by atoms with E-state index in [-0.39, 0.29) is 6.04 Å². The smallest absolute Gasteiger partial charge is 0.319 e. The first-order valence-electron chi connectivity index (χ1n) is 9.35. The van der Waals surface area contributed by atoms with Crippen molar-refractivity contribution in [3.8, 4) is 11.6 Å². The third-order valence-corrected chi connectivity index (χ3v) is 5.14. The number of hydrogen-bond donors (Lipinski definition) is 1. The molecule has 0 fully saturated rings. The number of imidazole rings is 1. The third-order valence-electron chi connectivity index (χ3n) is 5.14. The summed E-state index contributed by atoms with van der Waals surface area (Å²) in [5.74, 6) is 0.391. The van der Waals surface area contributed by atoms with Crippen LogP contribution in [0.3, 0.4) is 0 Å². The van der Waals surface area contributed by atoms with Crippen molar-refractivity contribution >= 4 is 11.5 Å². The number of anilines is 1. The lowest BCUT2D eigenvalue weighted by molar-refractivity contribution is 0.502. The van der Waals surface area contributed by atoms with Crippen LogP contribution in [-0.4, -0.2) is 41.3 Å². The summed E-state index contributed by atoms with van der Waals surface area (Å²) in [6.07, 6.45) is 6.17. The molecule has 9 heteroatoms. The van der Waals surface area contributed by atoms with Crippen molar-refractivity contribution in [1.29, 1.82) is 0 Å². The summed E-state index contributed by atoms with van der Waals surface area (Å²) in [7, 11) is 0. The van der Waals surface area contributed by atoms with Gasteiger partial charge in [0.1, 0.15) is 11.7 Å². The Balaban J connectivity index is 1.45. The number of nitrogens with one attached hydrogen (secondary N) is 1. The van der Waals surface area contributed by atoms with Gasteiger partial charge in [-0.05, 0) is 30.3 Å². The maximum absolute atomic E-state index is 6.00. The molecule has 1 atom stereocenters. The minimum absolute atomic E-state index is 0.220. The number of nitrogens with zero attached hydrogens (tertiary/aromatic N) is 7. The first kappa shape index (κ1) is 16.0. The molecule has 6 rings (SSSR count). The summed E-state index contributed by atoms with van der Waals surface area (Å²) in [6, 6.07) is 13.9. The van der Waals surface area contributed by atoms with E-state index in [9.17, 15) is 0 Å². The second-order valence-electron chi connectivity index (χ2n) is 6.86. The summed E-state index contributed by atoms with van der Waals surface area (Å²) in [6.45, 7) is 0.706. The van der Waals surface area contributed by atoms with E-state index in [1.807, 2.05) is 47.1 Å². The van der Waals surface area contributed by atoms with Crippen molar-refractivity contribution in [1.82, 2.24) is 34.8 Å². The molecule has 29 heavy (non-hydrogen) atoms. The number of pyridine rings is 2. The SMILES string of the molecule is c1ccc(-c2nnc(N3CCc4[nH]cnc4[C@H]3c3cc4ccccn4n3)o2)nc1. The second kappa shape index (κ2) is 6.26. The Hall–Kier alpha value is -4.01. The van der Waals surface area contributed by atoms with Crippen LogP contribution in [0.2, 0.25) is 0 Å². The van der Waals surface area contributed by atoms with E-state index in [2.05, 4.69) is 36.1 Å². The molecule has 0 amide bonds. The van der Waals surface area contributed by atoms with Gasteiger partial charge in [-0.1, -0.05) is 17.2 Å². The van der Waals surface area contributed by atoms with E-state index in [1.165, 1.54) is 0 Å². The van der Waals surface area contributed by atoms with Crippen LogP contribution in [0.5, 0.6) is 0 Å². The normalized spacial score (nSPS) is 16.3. The van der Waals surface area contributed by atoms with E-state index in [4.69, 9.17) is 9.52 Å². The molecule has 0 aliphatic carbocycles. The fourth-order valence-electron chi connectivity index (χ4n) is 3.80. The molecule has 0 aromatic carbocycles. The predicted molar refractivity (Wildman–Crippen MR) is 104 cm³/mol. The number of hydrogen-bond acceptors (Lipinski definition) is 7. The van der Waals surface area contributed by atoms with Crippen LogP contribution in [0, 0.1) is 0 Å². The Morgan fingerprint density at radius 1 is 1.07 bits per heavy atom. The largest absolute Gasteiger partial charge is 0.402 e. The molecular formula is C20H16N8O. The first-order valence-corrected chi connectivity index (χ1v) is 9.35. The van der Waals surface area contributed by atoms with Crippen LogP contribution in [0.1, 0.15) is 23.1 Å². The Labute approximate surface area is 165 Å². The number of aromatic amines is 1. The molecule has 0 spiro atoms. The van der Waals surface area contributed by atoms with Gasteiger partial charge in [0, 0.05) is 31.1 Å². The zero-order valence-electron chi connectivity index (χ0n) is 15.3. The number of aromatic nitrogens is 7. The molecule has 1 aliphatic heterocycles. The Kier molecular flexibility index (Phi) is 3.45. The van der Waals surface area contributed by atoms with Gasteiger partial charge in [-0.3, -0.25) is 4.98 Å². The topological polar surface area (TPSA) is 101 Å². The second-order valence-corrected chi connectivity index (χ2v) is 6.86. The van der Waals surface area contributed by atoms with Crippen LogP contribution in [0.25, 0.3) is 17.1 Å². The van der Waals surface area contributed by atoms with Gasteiger partial charge in [0.2, 0.25) is 0 Å². The van der Waals surface area contributed by atoms with Crippen molar-refractivity contribution < 1.29 is 4.42 Å². The molecule has 1 aliphatic rings. The molecule has 142 valence electrons. The summed E-state index contributed by atoms with van der Waals surface area (Å²) in [5, 5.41) is 13.3. The fourth-order valence-corrected chi connectivity index (χ4v) is 3.80. The van der Waals surface area contributed by atoms with Crippen molar-refractivity contribution in [2.24, 2.45) is 0 Å². The highest BCUT2D eigenvalue weighted by Crippen LogP contribution is 2.36. The minimum atomic E-state index is -0.220. The number of H-pyrrole nitrogens is 1. The molecule has 9 nitrogen and oxygen atoms in total. The van der Waals surface area contributed by atoms with Crippen LogP contribution in [0.15, 0.2) is 65.6 Å². The van der Waals surface area contributed by atoms with Crippen molar-refractivity contribution in [2.75, 3.05) is 11.4 Å². The zero-order valence-corrected chi connectivity index (χ0v) is 15.3. The van der Waals surface area contributed by atoms with Gasteiger partial charge in [0.05, 0.1) is 23.2 Å². The van der Waals surface area contributed by atoms with Gasteiger partial charge in [0.25, 0.3) is 5.89 Å². The summed E-state index contributed by atoms with van der Waals surface area (Å²) in [4.78, 5) is 14.2. The summed E-state index contributed by atoms with van der Waals surface area (Å²) < 4.78 is 7.86. The van der Waals surface area contributed by atoms with E-state index in [1.54, 1.807) is 12.5 Å². The van der Waals surface area contributed by atoms with Crippen molar-refractivity contribution in [3.63, 3.8) is 0 Å². The van der Waals surface area contributed by atoms with Gasteiger partial charge in [-0.25, -0.2) is 9.50 Å². The van der Waals surface area contributed by atoms with Gasteiger partial charge in [0.15, 0.2) is 0 Å². The maximum atomic E-state index is 6.00. The first-order chi connectivity index (χ1) is 14.4. The van der Waals surface area contributed by atoms with Gasteiger partial charge in [-0.2, -0.15) is 5.10 Å². The van der Waals surface area contributed by atoms with Gasteiger partial charge < -0.3 is 14.3 Å². The molecule has 6 heterocycles. The lowest BCUT2D eigenvalue weighted by Gasteiger charge is -2.32. The van der Waals surface area contributed by atoms with Crippen LogP contribution in [0.4, 0.5) is 6.01 Å². The Morgan fingerprint density at radius 3 is 2.93 bits per heavy atom. The summed E-state index contributed by atoms with van der Waals surface area (Å²) in [5.41, 5.74) is 4.57. The van der Waals surface area contributed by atoms with E-state index < -0.39 is 0 Å². The molecule has 0 radical (unpaired) electrons. The summed E-state index contributed by atoms with van der Waals surface area (Å²) >= 11 is 0. The monoisotopic (exact) mass is 384 g/mol. The molecule has 5 aromatic rings. The average molecular weight is 384 g/mol. The molecule has 0 bridgehead atoms. The van der Waals surface area contributed by atoms with E-state index >= 15 is 0 Å². The fraction of sp³-hybridized carbons (Fsp3) is 0.150. The molecule has 0 saturated heterocycles. The molecule has 5 aromatic heterocycles. The zero-order chi connectivity index (χ0) is 19.2. The van der Waals surface area contributed by atoms with Crippen LogP contribution in [-0.2, 0) is 6.42 Å². The van der Waals surface area contributed by atoms with Crippen molar-refractivity contribution in [2.45, 2.75) is 12.5 Å². The minimum Gasteiger partial charge on any atom is -0.402 e. The lowest BCUT2D eigenvalue weighted by atomic mass is 10.0. The van der Waals surface area contributed by atoms with Gasteiger partial charge in [-0.15, -0.1) is 5.10 Å². The number of rotatable bonds is 3. The highest BCUT2D eigenvalue weighted by atomic mass is 16.4. The molecule has 0 unspecified atom stereocenters. The van der Waals surface area contributed by atoms with Crippen LogP contribution < -0.4 is 4.90 Å². The van der Waals surface area contributed by atoms with E-state index in [0.717, 1.165) is 29.0 Å². The molecular weight excluding hydrogens is 368 g/mol. The lowest BCUT2D eigenvalue weighted by Crippen LogP contribution is -2.36. The van der Waals surface area contributed by atoms with E-state index in [0.29, 0.717) is 24.1 Å². The highest BCUT2D eigenvalue weighted by Gasteiger charge is 2.36. The Bertz CT molecular complexity index is 1260. The maximum Gasteiger partial charge on any atom is 0.319 e. The van der Waals surface area contributed by atoms with Crippen molar-refractivity contribution in [3.05, 3.63) is 78.3 Å². The number of fused-ring (bicyclic) bond motifs is 2. The van der Waals surface area contributed by atoms with Gasteiger partial charge >= 0.3 is 6.01 Å². The third kappa shape index (κ3) is 2.59. The molecule has 1 N–H and O–H groups in total. The quantitative estimate of drug-likeness (QED) is 0.510. The Morgan fingerprint density at radius 2 is 2.03 bits per heavy atom. The average Bonchev–Trinajstić information content (AvgIpc) is 3.52. The predicted octanol–water partition coefficient (Wildman–Crippen LogP) is 2.65. The van der Waals surface area contributed by atoms with Crippen LogP contribution >= 0.6 is 0 Å². The molecule has 0 saturated carbocycles. The standard InChI is InChI=1S/C20H16N8O/c1-3-8-21-15(6-1)19-24-25-20(29-19)27-10-7-14-17(23-12-22-14)18(27)16-11-13-5-2-4-9-28(13)26-16/h1-6,8-9,11-12,18H,7,10H2,(H,22,23)/t18-/m1/s1.